The van der Waals surface area contributed by atoms with Gasteiger partial charge in [-0.05, 0) is 96.0 Å². The highest BCUT2D eigenvalue weighted by Crippen LogP contribution is 2.51. The fraction of sp³-hybridized carbons (Fsp3) is 0.146. The highest BCUT2D eigenvalue weighted by Gasteiger charge is 2.37. The monoisotopic (exact) mass is 648 g/mol. The van der Waals surface area contributed by atoms with Crippen LogP contribution in [0.15, 0.2) is 157 Å². The van der Waals surface area contributed by atoms with Crippen molar-refractivity contribution in [1.29, 1.82) is 0 Å². The summed E-state index contributed by atoms with van der Waals surface area (Å²) in [5.74, 6) is 0.901. The zero-order chi connectivity index (χ0) is 35.2. The van der Waals surface area contributed by atoms with E-state index in [1.165, 1.54) is 60.8 Å². The van der Waals surface area contributed by atoms with E-state index in [0.29, 0.717) is 0 Å². The van der Waals surface area contributed by atoms with Crippen LogP contribution in [0.2, 0.25) is 0 Å². The lowest BCUT2D eigenvalue weighted by atomic mass is 9.81. The van der Waals surface area contributed by atoms with E-state index in [4.69, 9.17) is 4.99 Å². The van der Waals surface area contributed by atoms with E-state index < -0.39 is 0 Å². The number of aromatic nitrogens is 1. The number of nitrogens with zero attached hydrogens (tertiary/aromatic N) is 2. The van der Waals surface area contributed by atoms with Gasteiger partial charge in [-0.25, -0.2) is 4.99 Å². The number of fused-ring (bicyclic) bond motifs is 5. The second kappa shape index (κ2) is 12.9. The van der Waals surface area contributed by atoms with Crippen molar-refractivity contribution in [3.8, 4) is 11.1 Å². The van der Waals surface area contributed by atoms with Gasteiger partial charge in [-0.3, -0.25) is 4.57 Å². The Morgan fingerprint density at radius 2 is 1.42 bits per heavy atom. The lowest BCUT2D eigenvalue weighted by Crippen LogP contribution is -2.18. The predicted molar refractivity (Wildman–Crippen MR) is 218 cm³/mol. The maximum Gasteiger partial charge on any atom is 0.111 e. The summed E-state index contributed by atoms with van der Waals surface area (Å²) in [6.07, 6.45) is 8.23. The fourth-order valence-corrected chi connectivity index (χ4v) is 7.61. The van der Waals surface area contributed by atoms with Crippen molar-refractivity contribution in [3.63, 3.8) is 0 Å². The third kappa shape index (κ3) is 5.51. The van der Waals surface area contributed by atoms with Crippen LogP contribution in [0.3, 0.4) is 0 Å². The molecule has 0 spiro atoms. The average molecular weight is 649 g/mol. The number of hydrogen-bond donors (Lipinski definition) is 0. The number of hydrogen-bond acceptors (Lipinski definition) is 1. The minimum atomic E-state index is -0.179. The molecule has 1 aromatic heterocycles. The van der Waals surface area contributed by atoms with Gasteiger partial charge in [-0.1, -0.05) is 148 Å². The molecular formula is C48H44N2. The van der Waals surface area contributed by atoms with Gasteiger partial charge in [-0.15, -0.1) is 0 Å². The molecule has 1 aliphatic rings. The largest absolute Gasteiger partial charge is 0.297 e. The standard InChI is InChI=1S/C48H44N2/c1-9-10-21-39-34(5)48(7,8)46-41(39)27-28-42-40-23-16-17-24-45(40)50(47(42)46)35(6)49-44(29-33(4)36-19-12-11-13-20-36)37-26-25-32(3)43(30-37)38-22-15-14-18-31(38)2/h9-30H,1,4H2,2-3,5-8H3/b21-10-,44-29-,49-35?. The van der Waals surface area contributed by atoms with Crippen LogP contribution < -0.4 is 0 Å². The van der Waals surface area contributed by atoms with Gasteiger partial charge in [0.2, 0.25) is 0 Å². The molecule has 0 radical (unpaired) electrons. The molecule has 1 heterocycles. The van der Waals surface area contributed by atoms with Gasteiger partial charge in [0.1, 0.15) is 5.84 Å². The van der Waals surface area contributed by atoms with Gasteiger partial charge in [0.15, 0.2) is 0 Å². The molecular weight excluding hydrogens is 605 g/mol. The molecule has 2 nitrogen and oxygen atoms in total. The van der Waals surface area contributed by atoms with Gasteiger partial charge >= 0.3 is 0 Å². The predicted octanol–water partition coefficient (Wildman–Crippen LogP) is 12.9. The smallest absolute Gasteiger partial charge is 0.111 e. The quantitative estimate of drug-likeness (QED) is 0.0931. The number of para-hydroxylation sites is 1. The van der Waals surface area contributed by atoms with E-state index in [-0.39, 0.29) is 5.41 Å². The Kier molecular flexibility index (Phi) is 8.49. The van der Waals surface area contributed by atoms with Crippen LogP contribution in [-0.2, 0) is 5.41 Å². The Labute approximate surface area is 296 Å². The molecule has 7 rings (SSSR count). The number of rotatable bonds is 7. The lowest BCUT2D eigenvalue weighted by molar-refractivity contribution is 0.643. The Bertz CT molecular complexity index is 2460. The summed E-state index contributed by atoms with van der Waals surface area (Å²) >= 11 is 0. The van der Waals surface area contributed by atoms with Crippen molar-refractivity contribution < 1.29 is 0 Å². The van der Waals surface area contributed by atoms with E-state index in [1.54, 1.807) is 0 Å². The Morgan fingerprint density at radius 3 is 2.18 bits per heavy atom. The highest BCUT2D eigenvalue weighted by atomic mass is 15.1. The lowest BCUT2D eigenvalue weighted by Gasteiger charge is -2.24. The van der Waals surface area contributed by atoms with E-state index in [9.17, 15) is 0 Å². The van der Waals surface area contributed by atoms with Crippen LogP contribution >= 0.6 is 0 Å². The van der Waals surface area contributed by atoms with Gasteiger partial charge in [-0.2, -0.15) is 0 Å². The second-order valence-electron chi connectivity index (χ2n) is 13.9. The molecule has 5 aromatic carbocycles. The van der Waals surface area contributed by atoms with Crippen LogP contribution in [0.25, 0.3) is 49.8 Å². The third-order valence-corrected chi connectivity index (χ3v) is 10.5. The Morgan fingerprint density at radius 1 is 0.720 bits per heavy atom. The van der Waals surface area contributed by atoms with E-state index >= 15 is 0 Å². The molecule has 0 atom stereocenters. The molecule has 0 amide bonds. The van der Waals surface area contributed by atoms with Crippen LogP contribution in [-0.4, -0.2) is 10.4 Å². The van der Waals surface area contributed by atoms with Gasteiger partial charge in [0, 0.05) is 21.8 Å². The van der Waals surface area contributed by atoms with E-state index in [0.717, 1.165) is 33.7 Å². The zero-order valence-corrected chi connectivity index (χ0v) is 30.0. The molecule has 2 heteroatoms. The topological polar surface area (TPSA) is 17.3 Å². The van der Waals surface area contributed by atoms with Crippen molar-refractivity contribution in [2.75, 3.05) is 0 Å². The van der Waals surface area contributed by atoms with Crippen LogP contribution in [0.4, 0.5) is 0 Å². The van der Waals surface area contributed by atoms with E-state index in [2.05, 4.69) is 175 Å². The maximum atomic E-state index is 5.54. The molecule has 246 valence electrons. The van der Waals surface area contributed by atoms with Crippen molar-refractivity contribution in [1.82, 2.24) is 4.57 Å². The number of allylic oxidation sites excluding steroid dienone is 7. The summed E-state index contributed by atoms with van der Waals surface area (Å²) in [6.45, 7) is 21.9. The minimum Gasteiger partial charge on any atom is -0.297 e. The van der Waals surface area contributed by atoms with Crippen LogP contribution in [0.5, 0.6) is 0 Å². The maximum absolute atomic E-state index is 5.54. The first-order chi connectivity index (χ1) is 24.1. The SMILES string of the molecule is C=C/C=C\C1=C(C)C(C)(C)c2c1ccc1c3ccccc3n(C(C)=N/C(=C\C(=C)c3ccccc3)c3ccc(C)c(-c4ccccc4C)c3)c21. The first-order valence-corrected chi connectivity index (χ1v) is 17.4. The van der Waals surface area contributed by atoms with Gasteiger partial charge < -0.3 is 0 Å². The van der Waals surface area contributed by atoms with E-state index in [1.807, 2.05) is 18.2 Å². The van der Waals surface area contributed by atoms with Crippen molar-refractivity contribution in [2.24, 2.45) is 4.99 Å². The summed E-state index contributed by atoms with van der Waals surface area (Å²) < 4.78 is 2.38. The fourth-order valence-electron chi connectivity index (χ4n) is 7.61. The van der Waals surface area contributed by atoms with Crippen molar-refractivity contribution in [3.05, 3.63) is 186 Å². The number of aryl methyl sites for hydroxylation is 2. The molecule has 0 aliphatic heterocycles. The first kappa shape index (κ1) is 32.8. The molecule has 0 unspecified atom stereocenters. The Balaban J connectivity index is 1.49. The number of aliphatic imine (C=N–C) groups is 1. The number of benzene rings is 5. The molecule has 1 aliphatic carbocycles. The first-order valence-electron chi connectivity index (χ1n) is 17.4. The summed E-state index contributed by atoms with van der Waals surface area (Å²) in [5, 5.41) is 2.46. The summed E-state index contributed by atoms with van der Waals surface area (Å²) in [4.78, 5) is 5.54. The molecule has 50 heavy (non-hydrogen) atoms. The van der Waals surface area contributed by atoms with Crippen LogP contribution in [0, 0.1) is 13.8 Å². The molecule has 0 N–H and O–H groups in total. The Hall–Kier alpha value is -5.73. The van der Waals surface area contributed by atoms with Crippen molar-refractivity contribution in [2.45, 2.75) is 47.0 Å². The average Bonchev–Trinajstić information content (AvgIpc) is 3.55. The van der Waals surface area contributed by atoms with Gasteiger partial charge in [0.05, 0.1) is 16.7 Å². The normalized spacial score (nSPS) is 14.6. The zero-order valence-electron chi connectivity index (χ0n) is 30.0. The second-order valence-corrected chi connectivity index (χ2v) is 13.9. The van der Waals surface area contributed by atoms with Crippen LogP contribution in [0.1, 0.15) is 61.1 Å². The van der Waals surface area contributed by atoms with Crippen molar-refractivity contribution >= 4 is 44.5 Å². The summed E-state index contributed by atoms with van der Waals surface area (Å²) in [6, 6.07) is 38.9. The summed E-state index contributed by atoms with van der Waals surface area (Å²) in [5.41, 5.74) is 16.2. The molecule has 0 bridgehead atoms. The molecule has 0 saturated carbocycles. The molecule has 0 fully saturated rings. The molecule has 0 saturated heterocycles. The minimum absolute atomic E-state index is 0.179. The third-order valence-electron chi connectivity index (χ3n) is 10.5. The highest BCUT2D eigenvalue weighted by molar-refractivity contribution is 6.17. The van der Waals surface area contributed by atoms with Gasteiger partial charge in [0.25, 0.3) is 0 Å². The molecule has 6 aromatic rings. The summed E-state index contributed by atoms with van der Waals surface area (Å²) in [7, 11) is 0.